The number of carbonyl (C=O) groups is 4. The number of nitrogens with one attached hydrogen (secondary N) is 1. The van der Waals surface area contributed by atoms with E-state index in [4.69, 9.17) is 10.6 Å². The summed E-state index contributed by atoms with van der Waals surface area (Å²) in [6.45, 7) is 2.67. The summed E-state index contributed by atoms with van der Waals surface area (Å²) in [6.07, 6.45) is 6.32. The molecule has 0 bridgehead atoms. The highest BCUT2D eigenvalue weighted by Gasteiger charge is 2.53. The molecule has 4 heterocycles. The van der Waals surface area contributed by atoms with Crippen LogP contribution in [0.3, 0.4) is 0 Å². The Bertz CT molecular complexity index is 1840. The van der Waals surface area contributed by atoms with Crippen LogP contribution in [-0.4, -0.2) is 82.5 Å². The zero-order chi connectivity index (χ0) is 32.6. The number of rotatable bonds is 10. The fourth-order valence-corrected chi connectivity index (χ4v) is 6.20. The summed E-state index contributed by atoms with van der Waals surface area (Å²) < 4.78 is 1.53. The van der Waals surface area contributed by atoms with Gasteiger partial charge in [-0.2, -0.15) is 0 Å². The number of phenols is 2. The molecular formula is C27H25N7O9S2. The third-order valence-corrected chi connectivity index (χ3v) is 8.74. The van der Waals surface area contributed by atoms with Gasteiger partial charge in [0.15, 0.2) is 28.9 Å². The molecule has 2 aliphatic rings. The van der Waals surface area contributed by atoms with E-state index in [0.29, 0.717) is 16.3 Å². The Labute approximate surface area is 262 Å². The van der Waals surface area contributed by atoms with Crippen molar-refractivity contribution in [2.75, 3.05) is 11.5 Å². The molecule has 1 aromatic carbocycles. The third kappa shape index (κ3) is 6.22. The lowest BCUT2D eigenvalue weighted by atomic mass is 10.0. The maximum Gasteiger partial charge on any atom is 0.350 e. The first-order valence-electron chi connectivity index (χ1n) is 13.1. The van der Waals surface area contributed by atoms with Crippen molar-refractivity contribution in [3.8, 4) is 11.5 Å². The number of β-lactam (4-membered cyclic amide) rings is 1. The Hall–Kier alpha value is -5.23. The third-order valence-electron chi connectivity index (χ3n) is 6.76. The Balaban J connectivity index is 1.32. The predicted molar refractivity (Wildman–Crippen MR) is 157 cm³/mol. The summed E-state index contributed by atoms with van der Waals surface area (Å²) in [5, 5.41) is 53.3. The molecule has 0 saturated carbocycles. The molecule has 1 fully saturated rings. The van der Waals surface area contributed by atoms with E-state index in [1.54, 1.807) is 18.3 Å². The normalized spacial score (nSPS) is 18.6. The van der Waals surface area contributed by atoms with Crippen LogP contribution in [0.25, 0.3) is 10.8 Å². The SMILES string of the molecule is CC(C)(O/N=C(\C(=O)NC1C(=O)N2C(C(=O)[O-])=C(/C=C/C[n+]3cc4cc(O)c(O)cc4cn3)CS[C@H]12)c1csc(N)n1)C(=O)O. The van der Waals surface area contributed by atoms with Gasteiger partial charge in [0.1, 0.15) is 23.3 Å². The standard InChI is InChI=1S/C27H25N7O9S2/c1-27(2,25(41)42)43-32-18(15-11-45-26(28)30-15)21(37)31-19-22(38)34-20(24(39)40)12(10-44-23(19)34)4-3-5-33-9-14-7-17(36)16(35)6-13(14)8-29-33/h3-4,6-9,11,19,23H,5,10H2,1-2H3,(H6,28,30,31,36,37,39,40,41,42)/b4-3+,32-18-/t19?,23-/m1/s1. The van der Waals surface area contributed by atoms with Crippen molar-refractivity contribution in [2.45, 2.75) is 37.4 Å². The van der Waals surface area contributed by atoms with E-state index in [9.17, 15) is 39.6 Å². The predicted octanol–water partition coefficient (Wildman–Crippen LogP) is -0.784. The molecule has 3 aromatic rings. The first-order chi connectivity index (χ1) is 21.3. The fraction of sp³-hybridized carbons (Fsp3) is 0.259. The minimum atomic E-state index is -1.79. The van der Waals surface area contributed by atoms with Gasteiger partial charge < -0.3 is 41.1 Å². The molecule has 2 atom stereocenters. The number of phenolic OH excluding ortho intramolecular Hbond substituents is 2. The van der Waals surface area contributed by atoms with Crippen LogP contribution >= 0.6 is 23.1 Å². The van der Waals surface area contributed by atoms with Crippen molar-refractivity contribution in [1.82, 2.24) is 20.3 Å². The second-order valence-electron chi connectivity index (χ2n) is 10.3. The van der Waals surface area contributed by atoms with Gasteiger partial charge in [-0.05, 0) is 42.7 Å². The summed E-state index contributed by atoms with van der Waals surface area (Å²) >= 11 is 2.22. The van der Waals surface area contributed by atoms with Crippen LogP contribution in [0, 0.1) is 0 Å². The number of thiazole rings is 1. The highest BCUT2D eigenvalue weighted by molar-refractivity contribution is 8.00. The number of hydrogen-bond acceptors (Lipinski definition) is 14. The maximum atomic E-state index is 13.2. The number of benzene rings is 1. The summed E-state index contributed by atoms with van der Waals surface area (Å²) in [4.78, 5) is 60.1. The monoisotopic (exact) mass is 655 g/mol. The van der Waals surface area contributed by atoms with E-state index in [1.165, 1.54) is 54.0 Å². The molecule has 1 saturated heterocycles. The number of carboxylic acids is 2. The summed E-state index contributed by atoms with van der Waals surface area (Å²) in [7, 11) is 0. The van der Waals surface area contributed by atoms with Gasteiger partial charge >= 0.3 is 5.97 Å². The molecule has 1 unspecified atom stereocenters. The molecule has 2 aromatic heterocycles. The van der Waals surface area contributed by atoms with Crippen LogP contribution < -0.4 is 20.8 Å². The van der Waals surface area contributed by atoms with Gasteiger partial charge in [-0.3, -0.25) is 14.5 Å². The minimum absolute atomic E-state index is 0.00687. The average Bonchev–Trinajstić information content (AvgIpc) is 3.41. The molecule has 16 nitrogen and oxygen atoms in total. The molecule has 18 heteroatoms. The first kappa shape index (κ1) is 31.2. The number of aromatic hydroxyl groups is 2. The molecule has 2 aliphatic heterocycles. The van der Waals surface area contributed by atoms with Crippen LogP contribution in [0.2, 0.25) is 0 Å². The van der Waals surface area contributed by atoms with Gasteiger partial charge in [-0.15, -0.1) is 23.1 Å². The first-order valence-corrected chi connectivity index (χ1v) is 15.0. The maximum absolute atomic E-state index is 13.2. The number of thioether (sulfide) groups is 1. The lowest BCUT2D eigenvalue weighted by molar-refractivity contribution is -0.743. The smallest absolute Gasteiger partial charge is 0.350 e. The number of anilines is 1. The van der Waals surface area contributed by atoms with Crippen LogP contribution in [0.4, 0.5) is 5.13 Å². The molecule has 0 radical (unpaired) electrons. The van der Waals surface area contributed by atoms with E-state index in [2.05, 4.69) is 20.6 Å². The number of amides is 2. The number of oxime groups is 1. The van der Waals surface area contributed by atoms with Crippen molar-refractivity contribution in [2.24, 2.45) is 5.16 Å². The Morgan fingerprint density at radius 3 is 2.64 bits per heavy atom. The molecule has 0 spiro atoms. The van der Waals surface area contributed by atoms with Crippen LogP contribution in [0.15, 0.2) is 58.5 Å². The van der Waals surface area contributed by atoms with Crippen LogP contribution in [-0.2, 0) is 30.6 Å². The topological polar surface area (TPSA) is 245 Å². The zero-order valence-corrected chi connectivity index (χ0v) is 25.2. The highest BCUT2D eigenvalue weighted by Crippen LogP contribution is 2.40. The summed E-state index contributed by atoms with van der Waals surface area (Å²) in [5.74, 6) is -4.92. The number of carbonyl (C=O) groups excluding carboxylic acids is 3. The Kier molecular flexibility index (Phi) is 8.35. The molecule has 234 valence electrons. The highest BCUT2D eigenvalue weighted by atomic mass is 32.2. The summed E-state index contributed by atoms with van der Waals surface area (Å²) in [6, 6.07) is 1.63. The second-order valence-corrected chi connectivity index (χ2v) is 12.3. The molecule has 0 aliphatic carbocycles. The van der Waals surface area contributed by atoms with E-state index in [0.717, 1.165) is 16.2 Å². The molecule has 45 heavy (non-hydrogen) atoms. The fourth-order valence-electron chi connectivity index (χ4n) is 4.34. The zero-order valence-electron chi connectivity index (χ0n) is 23.5. The lowest BCUT2D eigenvalue weighted by Crippen LogP contribution is -2.71. The number of nitrogens with two attached hydrogens (primary N) is 1. The van der Waals surface area contributed by atoms with E-state index < -0.39 is 46.5 Å². The molecule has 6 N–H and O–H groups in total. The van der Waals surface area contributed by atoms with Crippen LogP contribution in [0.1, 0.15) is 19.5 Å². The summed E-state index contributed by atoms with van der Waals surface area (Å²) in [5.41, 5.74) is 3.43. The molecular weight excluding hydrogens is 630 g/mol. The number of aromatic nitrogens is 3. The van der Waals surface area contributed by atoms with Crippen LogP contribution in [0.5, 0.6) is 11.5 Å². The largest absolute Gasteiger partial charge is 0.543 e. The van der Waals surface area contributed by atoms with Gasteiger partial charge in [0.25, 0.3) is 11.8 Å². The van der Waals surface area contributed by atoms with Crippen molar-refractivity contribution in [3.05, 3.63) is 59.0 Å². The van der Waals surface area contributed by atoms with Gasteiger partial charge in [0.2, 0.25) is 11.8 Å². The number of allylic oxidation sites excluding steroid dienone is 2. The number of aliphatic carboxylic acids is 2. The number of hydrogen-bond donors (Lipinski definition) is 5. The average molecular weight is 656 g/mol. The molecule has 5 rings (SSSR count). The Morgan fingerprint density at radius 2 is 2.00 bits per heavy atom. The number of nitrogen functional groups attached to an aromatic ring is 1. The van der Waals surface area contributed by atoms with Gasteiger partial charge in [-0.25, -0.2) is 9.78 Å². The minimum Gasteiger partial charge on any atom is -0.543 e. The van der Waals surface area contributed by atoms with E-state index in [1.807, 2.05) is 0 Å². The van der Waals surface area contributed by atoms with E-state index in [-0.39, 0.29) is 40.3 Å². The van der Waals surface area contributed by atoms with Gasteiger partial charge in [0, 0.05) is 16.5 Å². The lowest BCUT2D eigenvalue weighted by Gasteiger charge is -2.50. The quantitative estimate of drug-likeness (QED) is 0.0592. The van der Waals surface area contributed by atoms with Crippen molar-refractivity contribution in [3.63, 3.8) is 0 Å². The van der Waals surface area contributed by atoms with Crippen molar-refractivity contribution >= 4 is 68.5 Å². The van der Waals surface area contributed by atoms with Gasteiger partial charge in [0.05, 0.1) is 17.1 Å². The van der Waals surface area contributed by atoms with E-state index >= 15 is 0 Å². The molecule has 2 amide bonds. The van der Waals surface area contributed by atoms with Gasteiger partial charge in [-0.1, -0.05) is 15.9 Å². The number of nitrogens with zero attached hydrogens (tertiary/aromatic N) is 5. The Morgan fingerprint density at radius 1 is 1.29 bits per heavy atom. The number of carboxylic acid groups (broad SMARTS) is 2. The number of fused-ring (bicyclic) bond motifs is 2. The van der Waals surface area contributed by atoms with Crippen molar-refractivity contribution < 1.29 is 49.1 Å². The second kappa shape index (κ2) is 12.0. The van der Waals surface area contributed by atoms with Crippen molar-refractivity contribution in [1.29, 1.82) is 0 Å².